The van der Waals surface area contributed by atoms with E-state index < -0.39 is 218 Å². The second-order valence-corrected chi connectivity index (χ2v) is 27.7. The van der Waals surface area contributed by atoms with E-state index in [-0.39, 0.29) is 76.9 Å². The lowest BCUT2D eigenvalue weighted by Crippen LogP contribution is -2.61. The summed E-state index contributed by atoms with van der Waals surface area (Å²) in [5, 5.41) is 65.9. The average molecular weight is 1460 g/mol. The molecule has 4 aliphatic rings. The molecule has 2 aromatic carbocycles. The minimum Gasteiger partial charge on any atom is -0.461 e. The molecule has 4 aliphatic heterocycles. The molecule has 0 aromatic heterocycles. The van der Waals surface area contributed by atoms with Gasteiger partial charge in [0.25, 0.3) is 11.8 Å². The van der Waals surface area contributed by atoms with E-state index in [1.807, 2.05) is 13.8 Å². The molecule has 0 aliphatic carbocycles. The lowest BCUT2D eigenvalue weighted by molar-refractivity contribution is -0.161. The van der Waals surface area contributed by atoms with Crippen LogP contribution in [-0.2, 0) is 84.7 Å². The molecule has 0 spiro atoms. The van der Waals surface area contributed by atoms with Crippen LogP contribution < -0.4 is 48.3 Å². The zero-order valence-electron chi connectivity index (χ0n) is 60.5. The van der Waals surface area contributed by atoms with Gasteiger partial charge in [0.15, 0.2) is 6.10 Å². The number of fused-ring (bicyclic) bond motifs is 3. The lowest BCUT2D eigenvalue weighted by Gasteiger charge is -2.34. The Balaban J connectivity index is 1.44. The maximum absolute atomic E-state index is 15.2. The number of nitrogens with two attached hydrogens (primary N) is 1. The summed E-state index contributed by atoms with van der Waals surface area (Å²) in [5.74, 6) is -13.8. The number of benzene rings is 2. The Kier molecular flexibility index (Phi) is 32.2. The van der Waals surface area contributed by atoms with Crippen molar-refractivity contribution in [1.82, 2.24) is 62.1 Å². The Labute approximate surface area is 605 Å². The van der Waals surface area contributed by atoms with E-state index in [9.17, 15) is 78.0 Å². The molecular formula is C72H105N13O19. The van der Waals surface area contributed by atoms with Crippen molar-refractivity contribution < 1.29 is 92.3 Å². The quantitative estimate of drug-likeness (QED) is 0.0470. The molecule has 572 valence electrons. The monoisotopic (exact) mass is 1460 g/mol. The van der Waals surface area contributed by atoms with Gasteiger partial charge in [0, 0.05) is 52.9 Å². The molecule has 104 heavy (non-hydrogen) atoms. The molecule has 15 atom stereocenters. The fourth-order valence-electron chi connectivity index (χ4n) is 13.3. The van der Waals surface area contributed by atoms with Crippen LogP contribution in [0.2, 0.25) is 0 Å². The van der Waals surface area contributed by atoms with Crippen LogP contribution in [0.1, 0.15) is 143 Å². The number of aryl methyl sites for hydroxylation is 1. The van der Waals surface area contributed by atoms with Gasteiger partial charge in [-0.05, 0) is 107 Å². The second kappa shape index (κ2) is 40.0. The van der Waals surface area contributed by atoms with Gasteiger partial charge in [0.2, 0.25) is 65.0 Å². The molecule has 32 nitrogen and oxygen atoms in total. The standard InChI is InChI=1S/C72H105N13O19/c1-9-41(5)59-67(98)79-52(39-86)64(95)75-48(10-2)63(94)81-60(42(6)87)68(99)77-50(28-27-44-20-13-11-14-21-44)70(101)84-32-17-24-53(84)65(96)78-51(37-47(36-46(89)35-45-22-15-12-16-23-45)104-72(103)56(34-40(3)4)82(8)43(7)88)61(92)69(100)76-49(29-30-57(73)90)62(93)74-38-58(91)83-31-19-26-55(83)71(102)85-33-18-25-54(85)66(97)80-59/h10-16,20-23,40-42,46-47,49-56,59-61,86-87,89,92H,9,17-19,24-39H2,1-8H3,(H2,73,90)(H,74,93)(H,75,95)(H,76,100)(H,77,99)(H,78,96)(H,79,98)(H,80,97)(H,81,94)/b48-10+/t41-,42+,46?,47?,49+,50+,51?,52-,53-,54+,55-,56-,59+,60-,61?/m0/s1. The van der Waals surface area contributed by atoms with E-state index in [4.69, 9.17) is 10.5 Å². The van der Waals surface area contributed by atoms with E-state index in [0.29, 0.717) is 30.4 Å². The third-order valence-corrected chi connectivity index (χ3v) is 19.4. The molecule has 14 N–H and O–H groups in total. The van der Waals surface area contributed by atoms with Gasteiger partial charge in [-0.2, -0.15) is 0 Å². The van der Waals surface area contributed by atoms with Crippen LogP contribution in [0.5, 0.6) is 0 Å². The van der Waals surface area contributed by atoms with E-state index in [1.165, 1.54) is 42.5 Å². The number of rotatable bonds is 21. The van der Waals surface area contributed by atoms with Gasteiger partial charge in [-0.15, -0.1) is 0 Å². The van der Waals surface area contributed by atoms with Crippen LogP contribution >= 0.6 is 0 Å². The number of primary amides is 1. The normalized spacial score (nSPS) is 26.1. The summed E-state index contributed by atoms with van der Waals surface area (Å²) in [6.07, 6.45) is -6.38. The lowest BCUT2D eigenvalue weighted by atomic mass is 9.95. The minimum atomic E-state index is -2.42. The Morgan fingerprint density at radius 3 is 1.78 bits per heavy atom. The Morgan fingerprint density at radius 1 is 0.654 bits per heavy atom. The molecule has 13 amide bonds. The molecule has 4 saturated heterocycles. The van der Waals surface area contributed by atoms with Crippen molar-refractivity contribution in [2.45, 2.75) is 230 Å². The SMILES string of the molecule is C/C=C1/NC(=O)[C@H](CO)NC(=O)[C@@H]([C@@H](C)CC)NC(=O)[C@H]2CCCN2C(=O)[C@@H]2CCCN2C(=O)CNC(=O)[C@@H](CCC(N)=O)NC(=O)C(O)C(CC(CC(O)Cc2ccccc2)OC(=O)[C@H](CC(C)C)N(C)C(C)=O)NC(=O)[C@@H]2CCCN2C(=O)[C@@H](CCc2ccccc2)NC(=O)[C@H]([C@@H](C)O)NC1=O. The highest BCUT2D eigenvalue weighted by Crippen LogP contribution is 2.28. The van der Waals surface area contributed by atoms with Crippen molar-refractivity contribution in [3.8, 4) is 0 Å². The fourth-order valence-corrected chi connectivity index (χ4v) is 13.3. The minimum absolute atomic E-state index is 0.00347. The van der Waals surface area contributed by atoms with E-state index in [0.717, 1.165) is 11.0 Å². The number of amides is 13. The maximum atomic E-state index is 15.2. The Hall–Kier alpha value is -9.40. The highest BCUT2D eigenvalue weighted by atomic mass is 16.5. The summed E-state index contributed by atoms with van der Waals surface area (Å²) < 4.78 is 6.17. The molecule has 4 unspecified atom stereocenters. The first-order valence-electron chi connectivity index (χ1n) is 35.8. The molecule has 0 bridgehead atoms. The third-order valence-electron chi connectivity index (χ3n) is 19.4. The van der Waals surface area contributed by atoms with Gasteiger partial charge < -0.3 is 93.0 Å². The first-order valence-corrected chi connectivity index (χ1v) is 35.8. The van der Waals surface area contributed by atoms with Crippen molar-refractivity contribution in [2.75, 3.05) is 39.8 Å². The number of carbonyl (C=O) groups is 14. The highest BCUT2D eigenvalue weighted by molar-refractivity contribution is 6.03. The van der Waals surface area contributed by atoms with Crippen molar-refractivity contribution in [1.29, 1.82) is 0 Å². The molecule has 32 heteroatoms. The van der Waals surface area contributed by atoms with Gasteiger partial charge in [-0.3, -0.25) is 62.3 Å². The topological polar surface area (TPSA) is 464 Å². The number of likely N-dealkylation sites (N-methyl/N-ethyl adjacent to an activating group) is 1. The van der Waals surface area contributed by atoms with Gasteiger partial charge in [-0.25, -0.2) is 4.79 Å². The molecule has 4 heterocycles. The molecule has 6 rings (SSSR count). The highest BCUT2D eigenvalue weighted by Gasteiger charge is 2.46. The molecule has 4 fully saturated rings. The number of aliphatic hydroxyl groups is 4. The summed E-state index contributed by atoms with van der Waals surface area (Å²) in [4.78, 5) is 204. The Morgan fingerprint density at radius 2 is 1.21 bits per heavy atom. The smallest absolute Gasteiger partial charge is 0.329 e. The van der Waals surface area contributed by atoms with Crippen molar-refractivity contribution in [3.05, 3.63) is 83.6 Å². The molecule has 0 radical (unpaired) electrons. The number of nitrogens with one attached hydrogen (secondary N) is 8. The maximum Gasteiger partial charge on any atom is 0.329 e. The van der Waals surface area contributed by atoms with Crippen LogP contribution in [0, 0.1) is 11.8 Å². The van der Waals surface area contributed by atoms with Crippen LogP contribution in [0.4, 0.5) is 0 Å². The number of aliphatic hydroxyl groups excluding tert-OH is 4. The summed E-state index contributed by atoms with van der Waals surface area (Å²) in [5.41, 5.74) is 6.41. The number of allylic oxidation sites excluding steroid dienone is 1. The van der Waals surface area contributed by atoms with Crippen LogP contribution in [0.15, 0.2) is 72.4 Å². The zero-order chi connectivity index (χ0) is 76.6. The molecule has 0 saturated carbocycles. The van der Waals surface area contributed by atoms with Gasteiger partial charge >= 0.3 is 5.97 Å². The molecule has 2 aromatic rings. The average Bonchev–Trinajstić information content (AvgIpc) is 1.61. The van der Waals surface area contributed by atoms with Gasteiger partial charge in [0.1, 0.15) is 66.2 Å². The zero-order valence-corrected chi connectivity index (χ0v) is 60.5. The van der Waals surface area contributed by atoms with E-state index in [2.05, 4.69) is 42.5 Å². The second-order valence-electron chi connectivity index (χ2n) is 27.7. The first kappa shape index (κ1) is 83.5. The molecular weight excluding hydrogens is 1350 g/mol. The first-order chi connectivity index (χ1) is 49.4. The number of ether oxygens (including phenoxy) is 1. The van der Waals surface area contributed by atoms with Crippen molar-refractivity contribution in [2.24, 2.45) is 17.6 Å². The van der Waals surface area contributed by atoms with Crippen LogP contribution in [-0.4, -0.2) is 247 Å². The summed E-state index contributed by atoms with van der Waals surface area (Å²) in [7, 11) is 1.40. The fraction of sp³-hybridized carbons (Fsp3) is 0.611. The number of nitrogens with zero attached hydrogens (tertiary/aromatic N) is 4. The number of esters is 1. The van der Waals surface area contributed by atoms with Crippen LogP contribution in [0.3, 0.4) is 0 Å². The van der Waals surface area contributed by atoms with Crippen molar-refractivity contribution in [3.63, 3.8) is 0 Å². The predicted molar refractivity (Wildman–Crippen MR) is 375 cm³/mol. The number of hydrogen-bond acceptors (Lipinski definition) is 19. The summed E-state index contributed by atoms with van der Waals surface area (Å²) >= 11 is 0. The Bertz CT molecular complexity index is 3400. The number of carbonyl (C=O) groups excluding carboxylic acids is 14. The van der Waals surface area contributed by atoms with Crippen LogP contribution in [0.25, 0.3) is 0 Å². The summed E-state index contributed by atoms with van der Waals surface area (Å²) in [6, 6.07) is 2.52. The van der Waals surface area contributed by atoms with Gasteiger partial charge in [-0.1, -0.05) is 101 Å². The van der Waals surface area contributed by atoms with E-state index in [1.54, 1.807) is 74.5 Å². The van der Waals surface area contributed by atoms with Crippen molar-refractivity contribution >= 4 is 82.8 Å². The van der Waals surface area contributed by atoms with E-state index >= 15 is 9.59 Å². The third kappa shape index (κ3) is 23.6. The largest absolute Gasteiger partial charge is 0.461 e. The summed E-state index contributed by atoms with van der Waals surface area (Å²) in [6.45, 7) is 8.97. The number of hydrogen-bond donors (Lipinski definition) is 13. The van der Waals surface area contributed by atoms with Gasteiger partial charge in [0.05, 0.1) is 31.4 Å². The predicted octanol–water partition coefficient (Wildman–Crippen LogP) is -2.12.